The van der Waals surface area contributed by atoms with Gasteiger partial charge >= 0.3 is 0 Å². The molecule has 150 valence electrons. The fraction of sp³-hybridized carbons (Fsp3) is 0.409. The predicted molar refractivity (Wildman–Crippen MR) is 111 cm³/mol. The highest BCUT2D eigenvalue weighted by Gasteiger charge is 2.32. The quantitative estimate of drug-likeness (QED) is 0.747. The van der Waals surface area contributed by atoms with Gasteiger partial charge in [-0.15, -0.1) is 0 Å². The number of nitrogens with zero attached hydrogens (tertiary/aromatic N) is 1. The van der Waals surface area contributed by atoms with Crippen molar-refractivity contribution in [3.05, 3.63) is 58.6 Å². The van der Waals surface area contributed by atoms with Gasteiger partial charge in [0.25, 0.3) is 0 Å². The van der Waals surface area contributed by atoms with Crippen molar-refractivity contribution in [3.8, 4) is 11.5 Å². The number of likely N-dealkylation sites (tertiary alicyclic amines) is 1. The van der Waals surface area contributed by atoms with Crippen molar-refractivity contribution in [1.29, 1.82) is 0 Å². The first-order valence-electron chi connectivity index (χ1n) is 9.53. The molecule has 1 amide bonds. The van der Waals surface area contributed by atoms with Crippen LogP contribution in [0.15, 0.2) is 42.5 Å². The van der Waals surface area contributed by atoms with E-state index < -0.39 is 0 Å². The molecule has 28 heavy (non-hydrogen) atoms. The van der Waals surface area contributed by atoms with Crippen LogP contribution in [0.3, 0.4) is 0 Å². The van der Waals surface area contributed by atoms with Crippen molar-refractivity contribution < 1.29 is 14.3 Å². The van der Waals surface area contributed by atoms with Crippen LogP contribution in [0, 0.1) is 0 Å². The van der Waals surface area contributed by atoms with Gasteiger partial charge in [-0.25, -0.2) is 0 Å². The van der Waals surface area contributed by atoms with E-state index in [0.29, 0.717) is 5.02 Å². The summed E-state index contributed by atoms with van der Waals surface area (Å²) in [7, 11) is 3.30. The van der Waals surface area contributed by atoms with E-state index in [9.17, 15) is 4.79 Å². The second kappa shape index (κ2) is 9.30. The van der Waals surface area contributed by atoms with Crippen LogP contribution in [-0.4, -0.2) is 38.1 Å². The number of methoxy groups -OCH3 is 2. The van der Waals surface area contributed by atoms with Gasteiger partial charge in [0, 0.05) is 23.2 Å². The average molecular weight is 403 g/mol. The number of nitrogens with one attached hydrogen (secondary N) is 1. The van der Waals surface area contributed by atoms with Crippen LogP contribution in [0.5, 0.6) is 11.5 Å². The molecule has 5 nitrogen and oxygen atoms in total. The number of carbonyl (C=O) groups is 1. The standard InChI is InChI=1S/C22H27ClN2O3/c1-15(16-6-8-17(23)9-7-16)24-14-22(26)25-12-4-5-20(25)19-13-18(27-2)10-11-21(19)28-3/h6-11,13,15,20,24H,4-5,12,14H2,1-3H3/t15-,20-/m1/s1. The van der Waals surface area contributed by atoms with Crippen molar-refractivity contribution >= 4 is 17.5 Å². The van der Waals surface area contributed by atoms with Gasteiger partial charge in [0.15, 0.2) is 0 Å². The Morgan fingerprint density at radius 3 is 2.64 bits per heavy atom. The normalized spacial score (nSPS) is 17.4. The van der Waals surface area contributed by atoms with Gasteiger partial charge in [0.2, 0.25) is 5.91 Å². The smallest absolute Gasteiger partial charge is 0.237 e. The van der Waals surface area contributed by atoms with Gasteiger partial charge in [-0.05, 0) is 55.7 Å². The summed E-state index contributed by atoms with van der Waals surface area (Å²) in [5, 5.41) is 4.04. The number of hydrogen-bond acceptors (Lipinski definition) is 4. The number of benzene rings is 2. The predicted octanol–water partition coefficient (Wildman–Crippen LogP) is 4.37. The lowest BCUT2D eigenvalue weighted by atomic mass is 10.0. The summed E-state index contributed by atoms with van der Waals surface area (Å²) in [5.41, 5.74) is 2.10. The third kappa shape index (κ3) is 4.59. The van der Waals surface area contributed by atoms with Gasteiger partial charge in [0.05, 0.1) is 26.8 Å². The first kappa shape index (κ1) is 20.5. The maximum atomic E-state index is 12.9. The molecule has 0 bridgehead atoms. The number of hydrogen-bond donors (Lipinski definition) is 1. The highest BCUT2D eigenvalue weighted by Crippen LogP contribution is 2.38. The number of carbonyl (C=O) groups excluding carboxylic acids is 1. The summed E-state index contributed by atoms with van der Waals surface area (Å²) in [6.07, 6.45) is 1.89. The molecule has 2 atom stereocenters. The Bertz CT molecular complexity index is 810. The van der Waals surface area contributed by atoms with E-state index in [4.69, 9.17) is 21.1 Å². The molecule has 0 saturated carbocycles. The molecular weight excluding hydrogens is 376 g/mol. The van der Waals surface area contributed by atoms with E-state index in [1.54, 1.807) is 14.2 Å². The average Bonchev–Trinajstić information content (AvgIpc) is 3.21. The van der Waals surface area contributed by atoms with Crippen LogP contribution in [0.25, 0.3) is 0 Å². The minimum absolute atomic E-state index is 0.00480. The number of halogens is 1. The van der Waals surface area contributed by atoms with E-state index in [-0.39, 0.29) is 24.5 Å². The topological polar surface area (TPSA) is 50.8 Å². The van der Waals surface area contributed by atoms with Crippen molar-refractivity contribution in [3.63, 3.8) is 0 Å². The van der Waals surface area contributed by atoms with Gasteiger partial charge in [-0.3, -0.25) is 4.79 Å². The van der Waals surface area contributed by atoms with Crippen molar-refractivity contribution in [2.75, 3.05) is 27.3 Å². The SMILES string of the molecule is COc1ccc(OC)c([C@H]2CCCN2C(=O)CN[C@H](C)c2ccc(Cl)cc2)c1. The third-order valence-electron chi connectivity index (χ3n) is 5.30. The fourth-order valence-electron chi connectivity index (χ4n) is 3.70. The van der Waals surface area contributed by atoms with Gasteiger partial charge in [0.1, 0.15) is 11.5 Å². The molecule has 1 fully saturated rings. The van der Waals surface area contributed by atoms with Crippen LogP contribution < -0.4 is 14.8 Å². The maximum absolute atomic E-state index is 12.9. The van der Waals surface area contributed by atoms with Crippen LogP contribution in [0.2, 0.25) is 5.02 Å². The third-order valence-corrected chi connectivity index (χ3v) is 5.55. The van der Waals surface area contributed by atoms with Gasteiger partial charge < -0.3 is 19.7 Å². The van der Waals surface area contributed by atoms with Gasteiger partial charge in [-0.2, -0.15) is 0 Å². The van der Waals surface area contributed by atoms with Crippen LogP contribution in [0.4, 0.5) is 0 Å². The summed E-state index contributed by atoms with van der Waals surface area (Å²) < 4.78 is 10.9. The lowest BCUT2D eigenvalue weighted by Gasteiger charge is -2.27. The molecule has 6 heteroatoms. The van der Waals surface area contributed by atoms with E-state index in [0.717, 1.165) is 42.0 Å². The minimum Gasteiger partial charge on any atom is -0.497 e. The Labute approximate surface area is 171 Å². The minimum atomic E-state index is 0.00480. The number of rotatable bonds is 7. The van der Waals surface area contributed by atoms with Crippen molar-refractivity contribution in [1.82, 2.24) is 10.2 Å². The Morgan fingerprint density at radius 2 is 1.96 bits per heavy atom. The number of ether oxygens (including phenoxy) is 2. The van der Waals surface area contributed by atoms with Crippen LogP contribution in [-0.2, 0) is 4.79 Å². The van der Waals surface area contributed by atoms with Crippen LogP contribution in [0.1, 0.15) is 43.0 Å². The zero-order valence-corrected chi connectivity index (χ0v) is 17.3. The lowest BCUT2D eigenvalue weighted by molar-refractivity contribution is -0.131. The van der Waals surface area contributed by atoms with Crippen molar-refractivity contribution in [2.24, 2.45) is 0 Å². The molecular formula is C22H27ClN2O3. The number of amides is 1. The molecule has 0 unspecified atom stereocenters. The molecule has 2 aromatic rings. The monoisotopic (exact) mass is 402 g/mol. The Kier molecular flexibility index (Phi) is 6.81. The summed E-state index contributed by atoms with van der Waals surface area (Å²) >= 11 is 5.95. The Morgan fingerprint density at radius 1 is 1.21 bits per heavy atom. The lowest BCUT2D eigenvalue weighted by Crippen LogP contribution is -2.38. The fourth-order valence-corrected chi connectivity index (χ4v) is 3.83. The van der Waals surface area contributed by atoms with Crippen LogP contribution >= 0.6 is 11.6 Å². The molecule has 0 spiro atoms. The molecule has 1 N–H and O–H groups in total. The maximum Gasteiger partial charge on any atom is 0.237 e. The van der Waals surface area contributed by atoms with E-state index in [1.807, 2.05) is 54.3 Å². The summed E-state index contributed by atoms with van der Waals surface area (Å²) in [6.45, 7) is 3.08. The second-order valence-corrected chi connectivity index (χ2v) is 7.44. The molecule has 3 rings (SSSR count). The first-order chi connectivity index (χ1) is 13.5. The van der Waals surface area contributed by atoms with E-state index >= 15 is 0 Å². The van der Waals surface area contributed by atoms with Crippen molar-refractivity contribution in [2.45, 2.75) is 31.8 Å². The van der Waals surface area contributed by atoms with E-state index in [1.165, 1.54) is 0 Å². The second-order valence-electron chi connectivity index (χ2n) is 7.01. The molecule has 2 aromatic carbocycles. The van der Waals surface area contributed by atoms with E-state index in [2.05, 4.69) is 5.32 Å². The molecule has 1 heterocycles. The molecule has 0 aliphatic carbocycles. The molecule has 1 aliphatic heterocycles. The highest BCUT2D eigenvalue weighted by atomic mass is 35.5. The summed E-state index contributed by atoms with van der Waals surface area (Å²) in [6, 6.07) is 13.5. The van der Waals surface area contributed by atoms with Gasteiger partial charge in [-0.1, -0.05) is 23.7 Å². The summed E-state index contributed by atoms with van der Waals surface area (Å²) in [4.78, 5) is 14.9. The zero-order valence-electron chi connectivity index (χ0n) is 16.6. The highest BCUT2D eigenvalue weighted by molar-refractivity contribution is 6.30. The molecule has 1 aliphatic rings. The summed E-state index contributed by atoms with van der Waals surface area (Å²) in [5.74, 6) is 1.64. The molecule has 1 saturated heterocycles. The Balaban J connectivity index is 1.69. The largest absolute Gasteiger partial charge is 0.497 e. The molecule has 0 radical (unpaired) electrons. The Hall–Kier alpha value is -2.24. The molecule has 0 aromatic heterocycles. The zero-order chi connectivity index (χ0) is 20.1. The first-order valence-corrected chi connectivity index (χ1v) is 9.91.